The van der Waals surface area contributed by atoms with E-state index in [1.807, 2.05) is 42.5 Å². The maximum absolute atomic E-state index is 6.07. The predicted octanol–water partition coefficient (Wildman–Crippen LogP) is 4.20. The minimum absolute atomic E-state index is 0.517. The zero-order valence-electron chi connectivity index (χ0n) is 15.1. The predicted molar refractivity (Wildman–Crippen MR) is 111 cm³/mol. The van der Waals surface area contributed by atoms with Crippen LogP contribution >= 0.6 is 0 Å². The first kappa shape index (κ1) is 16.2. The molecule has 0 saturated heterocycles. The van der Waals surface area contributed by atoms with E-state index in [-0.39, 0.29) is 0 Å². The van der Waals surface area contributed by atoms with E-state index in [0.29, 0.717) is 11.5 Å². The van der Waals surface area contributed by atoms with E-state index in [2.05, 4.69) is 37.2 Å². The highest BCUT2D eigenvalue weighted by atomic mass is 15.0. The number of nitrogens with one attached hydrogen (secondary N) is 2. The third-order valence-corrected chi connectivity index (χ3v) is 4.85. The Morgan fingerprint density at radius 2 is 1.82 bits per heavy atom. The summed E-state index contributed by atoms with van der Waals surface area (Å²) in [5.41, 5.74) is 12.3. The second-order valence-electron chi connectivity index (χ2n) is 6.54. The Hall–Kier alpha value is -4.00. The molecule has 7 nitrogen and oxygen atoms in total. The van der Waals surface area contributed by atoms with Crippen LogP contribution in [-0.4, -0.2) is 24.9 Å². The van der Waals surface area contributed by atoms with E-state index >= 15 is 0 Å². The van der Waals surface area contributed by atoms with Gasteiger partial charge < -0.3 is 16.0 Å². The number of hydrogen-bond donors (Lipinski definition) is 3. The van der Waals surface area contributed by atoms with Gasteiger partial charge in [0.2, 0.25) is 0 Å². The van der Waals surface area contributed by atoms with Crippen molar-refractivity contribution in [3.05, 3.63) is 66.9 Å². The van der Waals surface area contributed by atoms with Crippen LogP contribution in [-0.2, 0) is 0 Å². The van der Waals surface area contributed by atoms with Crippen LogP contribution in [0.25, 0.3) is 33.2 Å². The topological polar surface area (TPSA) is 105 Å². The van der Waals surface area contributed by atoms with Gasteiger partial charge in [0.15, 0.2) is 5.65 Å². The minimum Gasteiger partial charge on any atom is -0.383 e. The number of nitrogen functional groups attached to an aromatic ring is 1. The Morgan fingerprint density at radius 1 is 0.929 bits per heavy atom. The van der Waals surface area contributed by atoms with Crippen LogP contribution in [0.5, 0.6) is 0 Å². The maximum atomic E-state index is 6.07. The molecule has 0 aliphatic carbocycles. The van der Waals surface area contributed by atoms with Gasteiger partial charge >= 0.3 is 0 Å². The smallest absolute Gasteiger partial charge is 0.181 e. The van der Waals surface area contributed by atoms with Crippen molar-refractivity contribution >= 4 is 39.1 Å². The second kappa shape index (κ2) is 6.31. The molecule has 0 amide bonds. The molecule has 5 aromatic rings. The summed E-state index contributed by atoms with van der Waals surface area (Å²) in [6.07, 6.45) is 4.89. The number of para-hydroxylation sites is 1. The zero-order valence-corrected chi connectivity index (χ0v) is 15.1. The van der Waals surface area contributed by atoms with E-state index in [1.54, 1.807) is 12.5 Å². The highest BCUT2D eigenvalue weighted by Gasteiger charge is 2.14. The fraction of sp³-hybridized carbons (Fsp3) is 0.0476. The fourth-order valence-electron chi connectivity index (χ4n) is 3.46. The zero-order chi connectivity index (χ0) is 19.1. The lowest BCUT2D eigenvalue weighted by Crippen LogP contribution is -2.00. The summed E-state index contributed by atoms with van der Waals surface area (Å²) in [5.74, 6) is 0.517. The van der Waals surface area contributed by atoms with Gasteiger partial charge in [-0.15, -0.1) is 0 Å². The SMILES string of the molecule is Cc1ccc2c(N)nccc2c1Nc1ccccc1-c1ncnc2nc[nH]c12. The Balaban J connectivity index is 1.70. The Morgan fingerprint density at radius 3 is 2.75 bits per heavy atom. The van der Waals surface area contributed by atoms with Gasteiger partial charge in [0.05, 0.1) is 6.33 Å². The van der Waals surface area contributed by atoms with Gasteiger partial charge in [-0.3, -0.25) is 0 Å². The number of aryl methyl sites for hydroxylation is 1. The average Bonchev–Trinajstić information content (AvgIpc) is 3.20. The molecule has 2 aromatic carbocycles. The standard InChI is InChI=1S/C21H17N7/c1-12-6-7-14-13(8-9-23-20(14)22)17(12)28-16-5-3-2-4-15(16)18-19-21(26-10-24-18)27-11-25-19/h2-11,28H,1H3,(H2,22,23)(H,24,25,26,27). The summed E-state index contributed by atoms with van der Waals surface area (Å²) in [6.45, 7) is 2.07. The summed E-state index contributed by atoms with van der Waals surface area (Å²) in [4.78, 5) is 20.3. The second-order valence-corrected chi connectivity index (χ2v) is 6.54. The number of anilines is 3. The largest absolute Gasteiger partial charge is 0.383 e. The van der Waals surface area contributed by atoms with E-state index in [4.69, 9.17) is 5.73 Å². The summed E-state index contributed by atoms with van der Waals surface area (Å²) in [6, 6.07) is 14.1. The molecule has 0 atom stereocenters. The van der Waals surface area contributed by atoms with Gasteiger partial charge in [-0.2, -0.15) is 0 Å². The van der Waals surface area contributed by atoms with Gasteiger partial charge in [-0.1, -0.05) is 30.3 Å². The maximum Gasteiger partial charge on any atom is 0.181 e. The number of fused-ring (bicyclic) bond motifs is 2. The lowest BCUT2D eigenvalue weighted by molar-refractivity contribution is 1.20. The Kier molecular flexibility index (Phi) is 3.65. The molecule has 0 bridgehead atoms. The number of aromatic amines is 1. The number of imidazole rings is 1. The van der Waals surface area contributed by atoms with Crippen molar-refractivity contribution in [2.45, 2.75) is 6.92 Å². The fourth-order valence-corrected chi connectivity index (χ4v) is 3.46. The molecule has 0 fully saturated rings. The van der Waals surface area contributed by atoms with Gasteiger partial charge in [-0.25, -0.2) is 19.9 Å². The Bertz CT molecular complexity index is 1320. The minimum atomic E-state index is 0.517. The lowest BCUT2D eigenvalue weighted by atomic mass is 10.0. The van der Waals surface area contributed by atoms with Crippen molar-refractivity contribution in [1.82, 2.24) is 24.9 Å². The molecule has 28 heavy (non-hydrogen) atoms. The van der Waals surface area contributed by atoms with Crippen LogP contribution in [0.4, 0.5) is 17.2 Å². The molecule has 0 saturated carbocycles. The van der Waals surface area contributed by atoms with Crippen LogP contribution in [0.15, 0.2) is 61.3 Å². The van der Waals surface area contributed by atoms with Crippen LogP contribution in [0.3, 0.4) is 0 Å². The van der Waals surface area contributed by atoms with Crippen LogP contribution in [0.2, 0.25) is 0 Å². The third-order valence-electron chi connectivity index (χ3n) is 4.85. The number of aromatic nitrogens is 5. The van der Waals surface area contributed by atoms with Gasteiger partial charge in [-0.05, 0) is 24.6 Å². The molecule has 4 N–H and O–H groups in total. The quantitative estimate of drug-likeness (QED) is 0.441. The lowest BCUT2D eigenvalue weighted by Gasteiger charge is -2.16. The summed E-state index contributed by atoms with van der Waals surface area (Å²) < 4.78 is 0. The molecule has 0 aliphatic heterocycles. The van der Waals surface area contributed by atoms with Crippen molar-refractivity contribution in [3.8, 4) is 11.3 Å². The number of nitrogens with zero attached hydrogens (tertiary/aromatic N) is 4. The molecule has 0 radical (unpaired) electrons. The van der Waals surface area contributed by atoms with Gasteiger partial charge in [0.1, 0.15) is 23.4 Å². The molecule has 0 unspecified atom stereocenters. The Labute approximate surface area is 160 Å². The highest BCUT2D eigenvalue weighted by molar-refractivity contribution is 6.03. The average molecular weight is 367 g/mol. The molecule has 3 heterocycles. The van der Waals surface area contributed by atoms with Gasteiger partial charge in [0, 0.05) is 33.9 Å². The van der Waals surface area contributed by atoms with Crippen molar-refractivity contribution in [1.29, 1.82) is 0 Å². The van der Waals surface area contributed by atoms with Crippen LogP contribution in [0, 0.1) is 6.92 Å². The van der Waals surface area contributed by atoms with E-state index < -0.39 is 0 Å². The molecule has 3 aromatic heterocycles. The summed E-state index contributed by atoms with van der Waals surface area (Å²) in [7, 11) is 0. The molecule has 7 heteroatoms. The first-order chi connectivity index (χ1) is 13.7. The summed E-state index contributed by atoms with van der Waals surface area (Å²) in [5, 5.41) is 5.54. The number of hydrogen-bond acceptors (Lipinski definition) is 6. The molecule has 5 rings (SSSR count). The molecule has 0 spiro atoms. The van der Waals surface area contributed by atoms with Crippen molar-refractivity contribution in [3.63, 3.8) is 0 Å². The number of rotatable bonds is 3. The normalized spacial score (nSPS) is 11.2. The number of benzene rings is 2. The first-order valence-corrected chi connectivity index (χ1v) is 8.86. The van der Waals surface area contributed by atoms with Crippen LogP contribution in [0.1, 0.15) is 5.56 Å². The third kappa shape index (κ3) is 2.52. The highest BCUT2D eigenvalue weighted by Crippen LogP contribution is 2.36. The van der Waals surface area contributed by atoms with Gasteiger partial charge in [0.25, 0.3) is 0 Å². The molecule has 136 valence electrons. The van der Waals surface area contributed by atoms with E-state index in [0.717, 1.165) is 44.5 Å². The molecular weight excluding hydrogens is 350 g/mol. The number of pyridine rings is 1. The van der Waals surface area contributed by atoms with Crippen LogP contribution < -0.4 is 11.1 Å². The number of H-pyrrole nitrogens is 1. The molecular formula is C21H17N7. The van der Waals surface area contributed by atoms with E-state index in [1.165, 1.54) is 6.33 Å². The van der Waals surface area contributed by atoms with Crippen molar-refractivity contribution < 1.29 is 0 Å². The number of nitrogens with two attached hydrogens (primary N) is 1. The summed E-state index contributed by atoms with van der Waals surface area (Å²) >= 11 is 0. The van der Waals surface area contributed by atoms with Crippen molar-refractivity contribution in [2.24, 2.45) is 0 Å². The first-order valence-electron chi connectivity index (χ1n) is 8.86. The van der Waals surface area contributed by atoms with E-state index in [9.17, 15) is 0 Å². The van der Waals surface area contributed by atoms with Crippen molar-refractivity contribution in [2.75, 3.05) is 11.1 Å². The monoisotopic (exact) mass is 367 g/mol. The molecule has 0 aliphatic rings.